The standard InChI is InChI=1S/C26H28N2O3/c1-4-20-12-13-21-15-22(17(2)27-24(21)25(20)29)18(3)28-14-8-11-23(28)26(30)31-16-19-9-6-5-7-10-19/h5-7,9-10,12-13,15,23,27,29H,2-4,8,11,14,16H2,1H3. The second kappa shape index (κ2) is 8.72. The Morgan fingerprint density at radius 1 is 1.26 bits per heavy atom. The van der Waals surface area contributed by atoms with Gasteiger partial charge >= 0.3 is 5.97 Å². The molecular formula is C26H28N2O3. The van der Waals surface area contributed by atoms with Crippen molar-refractivity contribution in [2.75, 3.05) is 11.9 Å². The number of aryl methyl sites for hydroxylation is 1. The van der Waals surface area contributed by atoms with E-state index in [0.717, 1.165) is 53.8 Å². The van der Waals surface area contributed by atoms with Crippen LogP contribution >= 0.6 is 0 Å². The lowest BCUT2D eigenvalue weighted by Crippen LogP contribution is -2.37. The summed E-state index contributed by atoms with van der Waals surface area (Å²) in [6.07, 6.45) is 4.35. The second-order valence-electron chi connectivity index (χ2n) is 7.94. The van der Waals surface area contributed by atoms with E-state index in [9.17, 15) is 9.90 Å². The third-order valence-electron chi connectivity index (χ3n) is 5.98. The summed E-state index contributed by atoms with van der Waals surface area (Å²) >= 11 is 0. The fourth-order valence-electron chi connectivity index (χ4n) is 4.22. The molecule has 0 saturated carbocycles. The zero-order valence-electron chi connectivity index (χ0n) is 17.9. The van der Waals surface area contributed by atoms with E-state index in [1.807, 2.05) is 60.4 Å². The average Bonchev–Trinajstić information content (AvgIpc) is 3.28. The van der Waals surface area contributed by atoms with Gasteiger partial charge in [-0.3, -0.25) is 0 Å². The van der Waals surface area contributed by atoms with E-state index in [1.165, 1.54) is 0 Å². The predicted molar refractivity (Wildman–Crippen MR) is 123 cm³/mol. The van der Waals surface area contributed by atoms with Gasteiger partial charge in [0.15, 0.2) is 0 Å². The number of nitrogens with one attached hydrogen (secondary N) is 1. The van der Waals surface area contributed by atoms with Crippen LogP contribution in [-0.2, 0) is 22.6 Å². The van der Waals surface area contributed by atoms with Crippen LogP contribution in [0.15, 0.2) is 72.6 Å². The van der Waals surface area contributed by atoms with Crippen molar-refractivity contribution in [3.8, 4) is 5.75 Å². The minimum Gasteiger partial charge on any atom is -0.505 e. The SMILES string of the molecule is C=C1Nc2c(ccc(CC)c2O)C=C1C(=C)N1CCCC1C(=O)OCc1ccccc1. The van der Waals surface area contributed by atoms with Crippen molar-refractivity contribution in [2.45, 2.75) is 38.8 Å². The molecule has 2 aliphatic heterocycles. The number of carbonyl (C=O) groups is 1. The summed E-state index contributed by atoms with van der Waals surface area (Å²) in [6.45, 7) is 11.4. The number of carbonyl (C=O) groups excluding carboxylic acids is 1. The summed E-state index contributed by atoms with van der Waals surface area (Å²) in [7, 11) is 0. The Hall–Kier alpha value is -3.47. The number of ether oxygens (including phenoxy) is 1. The molecule has 1 unspecified atom stereocenters. The van der Waals surface area contributed by atoms with Gasteiger partial charge in [-0.1, -0.05) is 62.5 Å². The molecule has 0 spiro atoms. The number of hydrogen-bond acceptors (Lipinski definition) is 5. The lowest BCUT2D eigenvalue weighted by Gasteiger charge is -2.31. The van der Waals surface area contributed by atoms with Crippen molar-refractivity contribution in [1.29, 1.82) is 0 Å². The third kappa shape index (κ3) is 4.08. The van der Waals surface area contributed by atoms with Gasteiger partial charge in [0.05, 0.1) is 5.69 Å². The Labute approximate surface area is 183 Å². The van der Waals surface area contributed by atoms with E-state index in [2.05, 4.69) is 18.5 Å². The number of benzene rings is 2. The molecule has 5 nitrogen and oxygen atoms in total. The molecule has 2 aromatic carbocycles. The van der Waals surface area contributed by atoms with Gasteiger partial charge in [0.2, 0.25) is 0 Å². The lowest BCUT2D eigenvalue weighted by molar-refractivity contribution is -0.149. The quantitative estimate of drug-likeness (QED) is 0.513. The summed E-state index contributed by atoms with van der Waals surface area (Å²) in [5.74, 6) is 0.0220. The Balaban J connectivity index is 1.52. The normalized spacial score (nSPS) is 17.6. The van der Waals surface area contributed by atoms with Gasteiger partial charge in [0.25, 0.3) is 0 Å². The first-order valence-electron chi connectivity index (χ1n) is 10.7. The fourth-order valence-corrected chi connectivity index (χ4v) is 4.22. The molecule has 0 bridgehead atoms. The van der Waals surface area contributed by atoms with Gasteiger partial charge in [-0.05, 0) is 36.5 Å². The van der Waals surface area contributed by atoms with Crippen LogP contribution in [0.3, 0.4) is 0 Å². The first-order chi connectivity index (χ1) is 15.0. The van der Waals surface area contributed by atoms with Crippen LogP contribution < -0.4 is 5.32 Å². The van der Waals surface area contributed by atoms with Gasteiger partial charge in [0.1, 0.15) is 18.4 Å². The van der Waals surface area contributed by atoms with Crippen molar-refractivity contribution < 1.29 is 14.6 Å². The van der Waals surface area contributed by atoms with Gasteiger partial charge in [-0.15, -0.1) is 0 Å². The predicted octanol–water partition coefficient (Wildman–Crippen LogP) is 5.00. The lowest BCUT2D eigenvalue weighted by atomic mass is 9.96. The number of esters is 1. The molecule has 1 fully saturated rings. The molecule has 2 aliphatic rings. The molecule has 4 rings (SSSR count). The van der Waals surface area contributed by atoms with Crippen LogP contribution in [-0.4, -0.2) is 28.6 Å². The van der Waals surface area contributed by atoms with Gasteiger partial charge < -0.3 is 20.1 Å². The first kappa shape index (κ1) is 20.8. The molecule has 1 atom stereocenters. The number of anilines is 1. The highest BCUT2D eigenvalue weighted by molar-refractivity contribution is 5.85. The van der Waals surface area contributed by atoms with Crippen LogP contribution in [0, 0.1) is 0 Å². The van der Waals surface area contributed by atoms with Gasteiger partial charge in [-0.25, -0.2) is 4.79 Å². The second-order valence-corrected chi connectivity index (χ2v) is 7.94. The number of aromatic hydroxyl groups is 1. The molecule has 0 amide bonds. The maximum absolute atomic E-state index is 12.8. The molecule has 0 aliphatic carbocycles. The number of rotatable bonds is 6. The Kier molecular flexibility index (Phi) is 5.85. The number of fused-ring (bicyclic) bond motifs is 1. The highest BCUT2D eigenvalue weighted by atomic mass is 16.5. The molecule has 0 aromatic heterocycles. The highest BCUT2D eigenvalue weighted by Crippen LogP contribution is 2.41. The van der Waals surface area contributed by atoms with Gasteiger partial charge in [0, 0.05) is 29.1 Å². The van der Waals surface area contributed by atoms with E-state index < -0.39 is 0 Å². The molecule has 2 N–H and O–H groups in total. The van der Waals surface area contributed by atoms with E-state index in [4.69, 9.17) is 4.74 Å². The molecule has 2 aromatic rings. The van der Waals surface area contributed by atoms with Crippen LogP contribution in [0.25, 0.3) is 6.08 Å². The topological polar surface area (TPSA) is 61.8 Å². The molecule has 1 saturated heterocycles. The maximum Gasteiger partial charge on any atom is 0.329 e. The Bertz CT molecular complexity index is 1060. The molecular weight excluding hydrogens is 388 g/mol. The summed E-state index contributed by atoms with van der Waals surface area (Å²) in [5, 5.41) is 13.8. The zero-order chi connectivity index (χ0) is 22.0. The van der Waals surface area contributed by atoms with Crippen molar-refractivity contribution in [3.63, 3.8) is 0 Å². The summed E-state index contributed by atoms with van der Waals surface area (Å²) in [4.78, 5) is 14.8. The third-order valence-corrected chi connectivity index (χ3v) is 5.98. The van der Waals surface area contributed by atoms with Crippen LogP contribution in [0.5, 0.6) is 5.75 Å². The van der Waals surface area contributed by atoms with E-state index in [1.54, 1.807) is 0 Å². The molecule has 2 heterocycles. The first-order valence-corrected chi connectivity index (χ1v) is 10.7. The molecule has 31 heavy (non-hydrogen) atoms. The molecule has 160 valence electrons. The van der Waals surface area contributed by atoms with Crippen molar-refractivity contribution >= 4 is 17.7 Å². The van der Waals surface area contributed by atoms with Crippen LogP contribution in [0.1, 0.15) is 36.5 Å². The Morgan fingerprint density at radius 2 is 2.03 bits per heavy atom. The minimum absolute atomic E-state index is 0.233. The number of hydrogen-bond donors (Lipinski definition) is 2. The monoisotopic (exact) mass is 416 g/mol. The summed E-state index contributed by atoms with van der Waals surface area (Å²) < 4.78 is 5.59. The number of nitrogens with zero attached hydrogens (tertiary/aromatic N) is 1. The number of phenolic OH excluding ortho intramolecular Hbond substituents is 1. The Morgan fingerprint density at radius 3 is 2.77 bits per heavy atom. The number of phenols is 1. The molecule has 5 heteroatoms. The van der Waals surface area contributed by atoms with Crippen LogP contribution in [0.2, 0.25) is 0 Å². The number of likely N-dealkylation sites (tertiary alicyclic amines) is 1. The van der Waals surface area contributed by atoms with E-state index in [0.29, 0.717) is 11.4 Å². The average molecular weight is 417 g/mol. The van der Waals surface area contributed by atoms with Crippen molar-refractivity contribution in [3.05, 3.63) is 89.3 Å². The summed E-state index contributed by atoms with van der Waals surface area (Å²) in [5.41, 5.74) is 5.62. The minimum atomic E-state index is -0.359. The van der Waals surface area contributed by atoms with E-state index in [-0.39, 0.29) is 24.4 Å². The maximum atomic E-state index is 12.8. The largest absolute Gasteiger partial charge is 0.505 e. The zero-order valence-corrected chi connectivity index (χ0v) is 17.9. The highest BCUT2D eigenvalue weighted by Gasteiger charge is 2.34. The van der Waals surface area contributed by atoms with Crippen LogP contribution in [0.4, 0.5) is 5.69 Å². The summed E-state index contributed by atoms with van der Waals surface area (Å²) in [6, 6.07) is 13.2. The fraction of sp³-hybridized carbons (Fsp3) is 0.269. The smallest absolute Gasteiger partial charge is 0.329 e. The molecule has 0 radical (unpaired) electrons. The van der Waals surface area contributed by atoms with E-state index >= 15 is 0 Å². The van der Waals surface area contributed by atoms with Gasteiger partial charge in [-0.2, -0.15) is 0 Å². The van der Waals surface area contributed by atoms with Crippen molar-refractivity contribution in [2.24, 2.45) is 0 Å². The van der Waals surface area contributed by atoms with Crippen molar-refractivity contribution in [1.82, 2.24) is 4.90 Å².